The number of ether oxygens (including phenoxy) is 1. The number of imidazole rings is 1. The molecule has 2 N–H and O–H groups in total. The minimum absolute atomic E-state index is 0.0213. The summed E-state index contributed by atoms with van der Waals surface area (Å²) in [6.07, 6.45) is 4.64. The number of methoxy groups -OCH3 is 1. The molecular formula is C11H16N4O3. The third kappa shape index (κ3) is 2.61. The molecule has 18 heavy (non-hydrogen) atoms. The number of rotatable bonds is 3. The number of alkyl carbamates (subject to hydrolysis) is 1. The molecule has 98 valence electrons. The Morgan fingerprint density at radius 2 is 2.50 bits per heavy atom. The molecule has 7 nitrogen and oxygen atoms in total. The number of nitrogens with one attached hydrogen (secondary N) is 2. The Labute approximate surface area is 105 Å². The summed E-state index contributed by atoms with van der Waals surface area (Å²) in [5.74, 6) is 0.665. The smallest absolute Gasteiger partial charge is 0.407 e. The first-order chi connectivity index (χ1) is 8.72. The third-order valence-electron chi connectivity index (χ3n) is 2.98. The lowest BCUT2D eigenvalue weighted by Gasteiger charge is -2.23. The zero-order valence-corrected chi connectivity index (χ0v) is 10.2. The van der Waals surface area contributed by atoms with Gasteiger partial charge in [-0.25, -0.2) is 9.78 Å². The molecule has 0 bridgehead atoms. The summed E-state index contributed by atoms with van der Waals surface area (Å²) in [5, 5.41) is 2.39. The number of carbonyl (C=O) groups is 2. The van der Waals surface area contributed by atoms with Gasteiger partial charge in [-0.05, 0) is 12.8 Å². The van der Waals surface area contributed by atoms with E-state index < -0.39 is 6.09 Å². The molecule has 0 spiro atoms. The van der Waals surface area contributed by atoms with E-state index in [1.54, 1.807) is 17.3 Å². The molecule has 0 radical (unpaired) electrons. The van der Waals surface area contributed by atoms with Crippen LogP contribution in [0.15, 0.2) is 12.4 Å². The Balaban J connectivity index is 1.95. The average molecular weight is 252 g/mol. The van der Waals surface area contributed by atoms with E-state index in [9.17, 15) is 9.59 Å². The molecule has 1 aromatic heterocycles. The number of carbonyl (C=O) groups excluding carboxylic acids is 2. The van der Waals surface area contributed by atoms with E-state index in [1.165, 1.54) is 7.11 Å². The predicted octanol–water partition coefficient (Wildman–Crippen LogP) is 0.429. The first-order valence-corrected chi connectivity index (χ1v) is 5.83. The molecule has 7 heteroatoms. The number of hydrogen-bond acceptors (Lipinski definition) is 4. The van der Waals surface area contributed by atoms with E-state index in [0.29, 0.717) is 6.54 Å². The second-order valence-electron chi connectivity index (χ2n) is 4.06. The Bertz CT molecular complexity index is 418. The second-order valence-corrected chi connectivity index (χ2v) is 4.06. The van der Waals surface area contributed by atoms with Crippen LogP contribution in [0.2, 0.25) is 0 Å². The number of amides is 2. The lowest BCUT2D eigenvalue weighted by Crippen LogP contribution is -2.40. The van der Waals surface area contributed by atoms with Gasteiger partial charge >= 0.3 is 6.09 Å². The van der Waals surface area contributed by atoms with E-state index in [0.717, 1.165) is 18.7 Å². The number of H-pyrrole nitrogens is 1. The van der Waals surface area contributed by atoms with Gasteiger partial charge in [-0.3, -0.25) is 4.79 Å². The monoisotopic (exact) mass is 252 g/mol. The van der Waals surface area contributed by atoms with E-state index >= 15 is 0 Å². The highest BCUT2D eigenvalue weighted by Crippen LogP contribution is 2.29. The fraction of sp³-hybridized carbons (Fsp3) is 0.545. The van der Waals surface area contributed by atoms with Crippen molar-refractivity contribution in [3.8, 4) is 0 Å². The molecule has 2 rings (SSSR count). The minimum atomic E-state index is -0.600. The maximum absolute atomic E-state index is 12.0. The van der Waals surface area contributed by atoms with Gasteiger partial charge in [0.15, 0.2) is 0 Å². The molecule has 2 heterocycles. The van der Waals surface area contributed by atoms with Crippen LogP contribution in [0.1, 0.15) is 24.7 Å². The van der Waals surface area contributed by atoms with Crippen LogP contribution in [0.3, 0.4) is 0 Å². The third-order valence-corrected chi connectivity index (χ3v) is 2.98. The molecule has 1 aliphatic heterocycles. The van der Waals surface area contributed by atoms with Gasteiger partial charge < -0.3 is 19.9 Å². The normalized spacial score (nSPS) is 18.7. The Morgan fingerprint density at radius 1 is 1.67 bits per heavy atom. The number of likely N-dealkylation sites (tertiary alicyclic amines) is 1. The second kappa shape index (κ2) is 5.52. The van der Waals surface area contributed by atoms with E-state index in [1.807, 2.05) is 0 Å². The number of nitrogens with zero attached hydrogens (tertiary/aromatic N) is 2. The maximum Gasteiger partial charge on any atom is 0.407 e. The summed E-state index contributed by atoms with van der Waals surface area (Å²) in [5.41, 5.74) is 0. The molecular weight excluding hydrogens is 236 g/mol. The highest BCUT2D eigenvalue weighted by atomic mass is 16.5. The minimum Gasteiger partial charge on any atom is -0.453 e. The average Bonchev–Trinajstić information content (AvgIpc) is 3.04. The van der Waals surface area contributed by atoms with Crippen molar-refractivity contribution >= 4 is 12.0 Å². The fourth-order valence-electron chi connectivity index (χ4n) is 2.13. The lowest BCUT2D eigenvalue weighted by atomic mass is 10.2. The molecule has 0 saturated carbocycles. The Kier molecular flexibility index (Phi) is 3.81. The van der Waals surface area contributed by atoms with Crippen LogP contribution in [0, 0.1) is 0 Å². The predicted molar refractivity (Wildman–Crippen MR) is 62.7 cm³/mol. The van der Waals surface area contributed by atoms with Crippen LogP contribution in [0.25, 0.3) is 0 Å². The van der Waals surface area contributed by atoms with Gasteiger partial charge in [0, 0.05) is 18.9 Å². The topological polar surface area (TPSA) is 87.3 Å². The van der Waals surface area contributed by atoms with Gasteiger partial charge in [-0.15, -0.1) is 0 Å². The van der Waals surface area contributed by atoms with Crippen LogP contribution in [0.5, 0.6) is 0 Å². The van der Waals surface area contributed by atoms with Gasteiger partial charge in [-0.1, -0.05) is 0 Å². The van der Waals surface area contributed by atoms with Gasteiger partial charge in [0.1, 0.15) is 12.4 Å². The number of aromatic nitrogens is 2. The first kappa shape index (κ1) is 12.4. The van der Waals surface area contributed by atoms with Gasteiger partial charge in [0.05, 0.1) is 13.2 Å². The molecule has 1 aromatic rings. The SMILES string of the molecule is COC(=O)NCC(=O)N1CCCC1c1ncc[nH]1. The van der Waals surface area contributed by atoms with Crippen molar-refractivity contribution < 1.29 is 14.3 Å². The summed E-state index contributed by atoms with van der Waals surface area (Å²) in [6, 6.07) is -0.0213. The van der Waals surface area contributed by atoms with E-state index in [2.05, 4.69) is 20.0 Å². The Morgan fingerprint density at radius 3 is 3.17 bits per heavy atom. The van der Waals surface area contributed by atoms with Gasteiger partial charge in [0.25, 0.3) is 0 Å². The molecule has 0 aliphatic carbocycles. The van der Waals surface area contributed by atoms with Crippen molar-refractivity contribution in [2.24, 2.45) is 0 Å². The van der Waals surface area contributed by atoms with Crippen LogP contribution in [-0.2, 0) is 9.53 Å². The molecule has 2 amide bonds. The van der Waals surface area contributed by atoms with Crippen LogP contribution < -0.4 is 5.32 Å². The highest BCUT2D eigenvalue weighted by molar-refractivity contribution is 5.82. The lowest BCUT2D eigenvalue weighted by molar-refractivity contribution is -0.131. The van der Waals surface area contributed by atoms with Crippen molar-refractivity contribution in [1.29, 1.82) is 0 Å². The quantitative estimate of drug-likeness (QED) is 0.816. The van der Waals surface area contributed by atoms with Crippen molar-refractivity contribution in [3.05, 3.63) is 18.2 Å². The van der Waals surface area contributed by atoms with Crippen LogP contribution in [0.4, 0.5) is 4.79 Å². The molecule has 1 unspecified atom stereocenters. The Hall–Kier alpha value is -2.05. The highest BCUT2D eigenvalue weighted by Gasteiger charge is 2.31. The molecule has 1 saturated heterocycles. The standard InChI is InChI=1S/C11H16N4O3/c1-18-11(17)14-7-9(16)15-6-2-3-8(15)10-12-4-5-13-10/h4-5,8H,2-3,6-7H2,1H3,(H,12,13)(H,14,17). The van der Waals surface area contributed by atoms with Crippen molar-refractivity contribution in [2.45, 2.75) is 18.9 Å². The van der Waals surface area contributed by atoms with Crippen molar-refractivity contribution in [1.82, 2.24) is 20.2 Å². The van der Waals surface area contributed by atoms with E-state index in [4.69, 9.17) is 0 Å². The number of hydrogen-bond donors (Lipinski definition) is 2. The summed E-state index contributed by atoms with van der Waals surface area (Å²) in [6.45, 7) is 0.636. The summed E-state index contributed by atoms with van der Waals surface area (Å²) in [4.78, 5) is 31.8. The molecule has 1 fully saturated rings. The van der Waals surface area contributed by atoms with Crippen LogP contribution in [-0.4, -0.2) is 47.1 Å². The van der Waals surface area contributed by atoms with Gasteiger partial charge in [-0.2, -0.15) is 0 Å². The largest absolute Gasteiger partial charge is 0.453 e. The summed E-state index contributed by atoms with van der Waals surface area (Å²) in [7, 11) is 1.27. The summed E-state index contributed by atoms with van der Waals surface area (Å²) < 4.78 is 4.42. The fourth-order valence-corrected chi connectivity index (χ4v) is 2.13. The maximum atomic E-state index is 12.0. The molecule has 0 aromatic carbocycles. The van der Waals surface area contributed by atoms with Crippen LogP contribution >= 0.6 is 0 Å². The zero-order chi connectivity index (χ0) is 13.0. The molecule has 1 atom stereocenters. The summed E-state index contributed by atoms with van der Waals surface area (Å²) >= 11 is 0. The zero-order valence-electron chi connectivity index (χ0n) is 10.2. The van der Waals surface area contributed by atoms with E-state index in [-0.39, 0.29) is 18.5 Å². The first-order valence-electron chi connectivity index (χ1n) is 5.83. The van der Waals surface area contributed by atoms with Crippen molar-refractivity contribution in [2.75, 3.05) is 20.2 Å². The van der Waals surface area contributed by atoms with Gasteiger partial charge in [0.2, 0.25) is 5.91 Å². The molecule has 1 aliphatic rings. The van der Waals surface area contributed by atoms with Crippen molar-refractivity contribution in [3.63, 3.8) is 0 Å². The number of aromatic amines is 1.